The van der Waals surface area contributed by atoms with Crippen LogP contribution in [0.15, 0.2) is 36.4 Å². The van der Waals surface area contributed by atoms with Crippen LogP contribution in [0.3, 0.4) is 0 Å². The molecule has 0 aliphatic heterocycles. The van der Waals surface area contributed by atoms with Crippen molar-refractivity contribution < 1.29 is 18.0 Å². The molecule has 0 fully saturated rings. The van der Waals surface area contributed by atoms with E-state index in [2.05, 4.69) is 5.32 Å². The molecule has 2 rings (SSSR count). The van der Waals surface area contributed by atoms with Crippen molar-refractivity contribution in [3.63, 3.8) is 0 Å². The number of hydrogen-bond acceptors (Lipinski definition) is 2. The molecule has 128 valence electrons. The Morgan fingerprint density at radius 3 is 2.46 bits per heavy atom. The zero-order valence-corrected chi connectivity index (χ0v) is 13.7. The third-order valence-electron chi connectivity index (χ3n) is 4.01. The van der Waals surface area contributed by atoms with Crippen molar-refractivity contribution in [1.82, 2.24) is 4.90 Å². The van der Waals surface area contributed by atoms with Crippen molar-refractivity contribution >= 4 is 11.6 Å². The highest BCUT2D eigenvalue weighted by atomic mass is 19.2. The lowest BCUT2D eigenvalue weighted by Gasteiger charge is -2.24. The Morgan fingerprint density at radius 2 is 1.79 bits per heavy atom. The monoisotopic (exact) mass is 336 g/mol. The molecule has 0 heterocycles. The molecule has 2 aromatic rings. The van der Waals surface area contributed by atoms with E-state index in [0.717, 1.165) is 23.3 Å². The number of halogens is 3. The molecule has 1 atom stereocenters. The number of carbonyl (C=O) groups excluding carboxylic acids is 1. The standard InChI is InChI=1S/C18H19F3N2O/c1-11-6-4-5-7-13(11)10-23(3)12(2)18(24)22-15-9-8-14(19)16(20)17(15)21/h4-9,12H,10H2,1-3H3,(H,22,24)/t12-/m0/s1. The van der Waals surface area contributed by atoms with Crippen LogP contribution < -0.4 is 5.32 Å². The highest BCUT2D eigenvalue weighted by molar-refractivity contribution is 5.94. The minimum Gasteiger partial charge on any atom is -0.322 e. The molecule has 0 aliphatic rings. The van der Waals surface area contributed by atoms with Crippen LogP contribution in [-0.4, -0.2) is 23.9 Å². The van der Waals surface area contributed by atoms with E-state index < -0.39 is 29.4 Å². The van der Waals surface area contributed by atoms with Gasteiger partial charge in [-0.2, -0.15) is 0 Å². The van der Waals surface area contributed by atoms with Crippen LogP contribution in [0.4, 0.5) is 18.9 Å². The Kier molecular flexibility index (Phi) is 5.62. The third-order valence-corrected chi connectivity index (χ3v) is 4.01. The molecule has 0 unspecified atom stereocenters. The summed E-state index contributed by atoms with van der Waals surface area (Å²) in [6.45, 7) is 4.16. The molecule has 1 amide bonds. The van der Waals surface area contributed by atoms with Gasteiger partial charge in [0.05, 0.1) is 11.7 Å². The number of carbonyl (C=O) groups is 1. The summed E-state index contributed by atoms with van der Waals surface area (Å²) in [5.74, 6) is -4.81. The fourth-order valence-corrected chi connectivity index (χ4v) is 2.25. The summed E-state index contributed by atoms with van der Waals surface area (Å²) in [6.07, 6.45) is 0. The summed E-state index contributed by atoms with van der Waals surface area (Å²) in [7, 11) is 1.76. The van der Waals surface area contributed by atoms with Gasteiger partial charge in [-0.1, -0.05) is 24.3 Å². The van der Waals surface area contributed by atoms with Crippen LogP contribution in [-0.2, 0) is 11.3 Å². The Hall–Kier alpha value is -2.34. The number of rotatable bonds is 5. The molecule has 2 aromatic carbocycles. The summed E-state index contributed by atoms with van der Waals surface area (Å²) in [6, 6.07) is 8.97. The van der Waals surface area contributed by atoms with Crippen LogP contribution >= 0.6 is 0 Å². The Morgan fingerprint density at radius 1 is 1.12 bits per heavy atom. The lowest BCUT2D eigenvalue weighted by Crippen LogP contribution is -2.39. The number of benzene rings is 2. The van der Waals surface area contributed by atoms with Gasteiger partial charge >= 0.3 is 0 Å². The average Bonchev–Trinajstić information content (AvgIpc) is 2.56. The largest absolute Gasteiger partial charge is 0.322 e. The van der Waals surface area contributed by atoms with E-state index in [9.17, 15) is 18.0 Å². The van der Waals surface area contributed by atoms with Crippen molar-refractivity contribution in [2.24, 2.45) is 0 Å². The third kappa shape index (κ3) is 3.94. The second kappa shape index (κ2) is 7.49. The fourth-order valence-electron chi connectivity index (χ4n) is 2.25. The van der Waals surface area contributed by atoms with Crippen molar-refractivity contribution in [2.45, 2.75) is 26.4 Å². The van der Waals surface area contributed by atoms with E-state index in [1.165, 1.54) is 0 Å². The van der Waals surface area contributed by atoms with Gasteiger partial charge in [0.2, 0.25) is 5.91 Å². The number of nitrogens with zero attached hydrogens (tertiary/aromatic N) is 1. The predicted octanol–water partition coefficient (Wildman–Crippen LogP) is 3.87. The molecule has 0 bridgehead atoms. The smallest absolute Gasteiger partial charge is 0.241 e. The molecule has 0 aliphatic carbocycles. The quantitative estimate of drug-likeness (QED) is 0.841. The summed E-state index contributed by atoms with van der Waals surface area (Å²) >= 11 is 0. The van der Waals surface area contributed by atoms with Gasteiger partial charge in [-0.25, -0.2) is 13.2 Å². The minimum atomic E-state index is -1.60. The van der Waals surface area contributed by atoms with Crippen LogP contribution in [0.1, 0.15) is 18.1 Å². The zero-order valence-electron chi connectivity index (χ0n) is 13.7. The number of anilines is 1. The van der Waals surface area contributed by atoms with E-state index in [1.54, 1.807) is 18.9 Å². The zero-order chi connectivity index (χ0) is 17.9. The van der Waals surface area contributed by atoms with E-state index in [0.29, 0.717) is 6.54 Å². The number of hydrogen-bond donors (Lipinski definition) is 1. The van der Waals surface area contributed by atoms with Crippen molar-refractivity contribution in [3.05, 3.63) is 65.0 Å². The summed E-state index contributed by atoms with van der Waals surface area (Å²) in [5, 5.41) is 2.30. The van der Waals surface area contributed by atoms with Gasteiger partial charge in [0.25, 0.3) is 0 Å². The first-order valence-electron chi connectivity index (χ1n) is 7.50. The molecule has 0 aromatic heterocycles. The van der Waals surface area contributed by atoms with Crippen LogP contribution in [0, 0.1) is 24.4 Å². The molecule has 0 saturated carbocycles. The first-order chi connectivity index (χ1) is 11.3. The van der Waals surface area contributed by atoms with E-state index in [4.69, 9.17) is 0 Å². The molecule has 24 heavy (non-hydrogen) atoms. The maximum absolute atomic E-state index is 13.6. The number of likely N-dealkylation sites (N-methyl/N-ethyl adjacent to an activating group) is 1. The van der Waals surface area contributed by atoms with Gasteiger partial charge in [0.1, 0.15) is 0 Å². The Bertz CT molecular complexity index is 749. The molecule has 0 radical (unpaired) electrons. The van der Waals surface area contributed by atoms with E-state index in [-0.39, 0.29) is 5.69 Å². The van der Waals surface area contributed by atoms with Crippen molar-refractivity contribution in [1.29, 1.82) is 0 Å². The maximum atomic E-state index is 13.6. The molecule has 0 spiro atoms. The molecule has 1 N–H and O–H groups in total. The minimum absolute atomic E-state index is 0.380. The molecular weight excluding hydrogens is 317 g/mol. The normalized spacial score (nSPS) is 12.3. The predicted molar refractivity (Wildman–Crippen MR) is 87.1 cm³/mol. The molecule has 3 nitrogen and oxygen atoms in total. The van der Waals surface area contributed by atoms with Gasteiger partial charge in [0, 0.05) is 6.54 Å². The SMILES string of the molecule is Cc1ccccc1CN(C)[C@@H](C)C(=O)Nc1ccc(F)c(F)c1F. The second-order valence-electron chi connectivity index (χ2n) is 5.73. The van der Waals surface area contributed by atoms with Gasteiger partial charge in [0.15, 0.2) is 17.5 Å². The second-order valence-corrected chi connectivity index (χ2v) is 5.73. The fraction of sp³-hybridized carbons (Fsp3) is 0.278. The van der Waals surface area contributed by atoms with E-state index >= 15 is 0 Å². The summed E-state index contributed by atoms with van der Waals surface area (Å²) in [5.41, 5.74) is 1.79. The van der Waals surface area contributed by atoms with Gasteiger partial charge in [-0.05, 0) is 44.2 Å². The lowest BCUT2D eigenvalue weighted by atomic mass is 10.1. The highest BCUT2D eigenvalue weighted by Gasteiger charge is 2.21. The average molecular weight is 336 g/mol. The first kappa shape index (κ1) is 18.0. The molecular formula is C18H19F3N2O. The number of aryl methyl sites for hydroxylation is 1. The van der Waals surface area contributed by atoms with Crippen LogP contribution in [0.2, 0.25) is 0 Å². The van der Waals surface area contributed by atoms with Gasteiger partial charge in [-0.15, -0.1) is 0 Å². The topological polar surface area (TPSA) is 32.3 Å². The maximum Gasteiger partial charge on any atom is 0.241 e. The summed E-state index contributed by atoms with van der Waals surface area (Å²) < 4.78 is 39.8. The molecule has 6 heteroatoms. The Labute approximate surface area is 139 Å². The molecule has 0 saturated heterocycles. The van der Waals surface area contributed by atoms with Crippen molar-refractivity contribution in [2.75, 3.05) is 12.4 Å². The number of nitrogens with one attached hydrogen (secondary N) is 1. The number of amides is 1. The Balaban J connectivity index is 2.07. The van der Waals surface area contributed by atoms with Crippen LogP contribution in [0.5, 0.6) is 0 Å². The first-order valence-corrected chi connectivity index (χ1v) is 7.50. The van der Waals surface area contributed by atoms with Gasteiger partial charge < -0.3 is 5.32 Å². The summed E-state index contributed by atoms with van der Waals surface area (Å²) in [4.78, 5) is 14.0. The van der Waals surface area contributed by atoms with Crippen LogP contribution in [0.25, 0.3) is 0 Å². The lowest BCUT2D eigenvalue weighted by molar-refractivity contribution is -0.120. The highest BCUT2D eigenvalue weighted by Crippen LogP contribution is 2.20. The van der Waals surface area contributed by atoms with Crippen molar-refractivity contribution in [3.8, 4) is 0 Å². The van der Waals surface area contributed by atoms with Gasteiger partial charge in [-0.3, -0.25) is 9.69 Å². The van der Waals surface area contributed by atoms with E-state index in [1.807, 2.05) is 31.2 Å².